The summed E-state index contributed by atoms with van der Waals surface area (Å²) in [6, 6.07) is 0. The van der Waals surface area contributed by atoms with Gasteiger partial charge < -0.3 is 9.79 Å². The van der Waals surface area contributed by atoms with Gasteiger partial charge in [-0.1, -0.05) is 34.1 Å². The quantitative estimate of drug-likeness (QED) is 0.427. The zero-order chi connectivity index (χ0) is 18.9. The lowest BCUT2D eigenvalue weighted by Crippen LogP contribution is -2.40. The third-order valence-corrected chi connectivity index (χ3v) is 5.50. The van der Waals surface area contributed by atoms with E-state index in [1.54, 1.807) is 0 Å². The molecule has 1 atom stereocenters. The highest BCUT2D eigenvalue weighted by molar-refractivity contribution is 7.47. The number of likely N-dealkylation sites (tertiary alicyclic amines) is 1. The van der Waals surface area contributed by atoms with Gasteiger partial charge in [0, 0.05) is 19.5 Å². The summed E-state index contributed by atoms with van der Waals surface area (Å²) in [5.41, 5.74) is 0. The van der Waals surface area contributed by atoms with E-state index < -0.39 is 7.82 Å². The van der Waals surface area contributed by atoms with E-state index in [4.69, 9.17) is 9.05 Å². The number of phosphoric acid groups is 1. The number of hydrogen-bond acceptors (Lipinski definition) is 4. The van der Waals surface area contributed by atoms with Crippen LogP contribution in [0.1, 0.15) is 72.6 Å². The Bertz CT molecular complexity index is 433. The normalized spacial score (nSPS) is 18.8. The van der Waals surface area contributed by atoms with Crippen molar-refractivity contribution in [2.45, 2.75) is 78.7 Å². The van der Waals surface area contributed by atoms with Crippen LogP contribution in [0.3, 0.4) is 0 Å². The summed E-state index contributed by atoms with van der Waals surface area (Å²) >= 11 is 0. The highest BCUT2D eigenvalue weighted by Crippen LogP contribution is 2.46. The van der Waals surface area contributed by atoms with Crippen molar-refractivity contribution in [3.8, 4) is 0 Å². The predicted molar refractivity (Wildman–Crippen MR) is 99.2 cm³/mol. The maximum Gasteiger partial charge on any atom is 0.472 e. The second-order valence-corrected chi connectivity index (χ2v) is 9.22. The first-order valence-corrected chi connectivity index (χ1v) is 11.1. The highest BCUT2D eigenvalue weighted by Gasteiger charge is 2.30. The van der Waals surface area contributed by atoms with Crippen LogP contribution in [0.4, 0.5) is 0 Å². The van der Waals surface area contributed by atoms with E-state index in [1.165, 1.54) is 0 Å². The molecule has 1 aliphatic rings. The first-order valence-electron chi connectivity index (χ1n) is 9.63. The monoisotopic (exact) mass is 377 g/mol. The van der Waals surface area contributed by atoms with Crippen LogP contribution < -0.4 is 0 Å². The van der Waals surface area contributed by atoms with Crippen molar-refractivity contribution in [3.63, 3.8) is 0 Å². The van der Waals surface area contributed by atoms with Gasteiger partial charge in [-0.25, -0.2) is 4.57 Å². The fourth-order valence-electron chi connectivity index (χ4n) is 2.92. The number of piperidine rings is 1. The minimum absolute atomic E-state index is 0.177. The summed E-state index contributed by atoms with van der Waals surface area (Å²) < 4.78 is 22.3. The molecular weight excluding hydrogens is 341 g/mol. The summed E-state index contributed by atoms with van der Waals surface area (Å²) in [5, 5.41) is 0. The molecule has 1 fully saturated rings. The van der Waals surface area contributed by atoms with Gasteiger partial charge in [0.1, 0.15) is 0 Å². The third kappa shape index (κ3) is 10.3. The fourth-order valence-corrected chi connectivity index (χ4v) is 3.93. The van der Waals surface area contributed by atoms with Gasteiger partial charge in [-0.05, 0) is 43.9 Å². The first kappa shape index (κ1) is 22.6. The van der Waals surface area contributed by atoms with Gasteiger partial charge in [-0.3, -0.25) is 13.8 Å². The number of amides is 1. The molecule has 1 N–H and O–H groups in total. The van der Waals surface area contributed by atoms with Crippen molar-refractivity contribution in [1.82, 2.24) is 4.90 Å². The van der Waals surface area contributed by atoms with Crippen LogP contribution in [-0.2, 0) is 18.4 Å². The van der Waals surface area contributed by atoms with E-state index in [1.807, 2.05) is 4.90 Å². The Balaban J connectivity index is 2.24. The van der Waals surface area contributed by atoms with Crippen molar-refractivity contribution < 1.29 is 23.3 Å². The van der Waals surface area contributed by atoms with E-state index in [0.717, 1.165) is 25.7 Å². The minimum atomic E-state index is -4.00. The van der Waals surface area contributed by atoms with E-state index in [-0.39, 0.29) is 18.6 Å². The van der Waals surface area contributed by atoms with Crippen LogP contribution in [0.25, 0.3) is 0 Å². The molecule has 0 saturated carbocycles. The number of hydrogen-bond donors (Lipinski definition) is 1. The average molecular weight is 377 g/mol. The van der Waals surface area contributed by atoms with Crippen molar-refractivity contribution in [3.05, 3.63) is 0 Å². The highest BCUT2D eigenvalue weighted by atomic mass is 31.2. The summed E-state index contributed by atoms with van der Waals surface area (Å²) in [7, 11) is -4.00. The lowest BCUT2D eigenvalue weighted by Gasteiger charge is -2.32. The summed E-state index contributed by atoms with van der Waals surface area (Å²) in [6.45, 7) is 9.92. The predicted octanol–water partition coefficient (Wildman–Crippen LogP) is 4.37. The average Bonchev–Trinajstić information content (AvgIpc) is 2.51. The van der Waals surface area contributed by atoms with Crippen LogP contribution >= 0.6 is 7.82 Å². The van der Waals surface area contributed by atoms with E-state index >= 15 is 0 Å². The molecule has 148 valence electrons. The fraction of sp³-hybridized carbons (Fsp3) is 0.944. The van der Waals surface area contributed by atoms with Gasteiger partial charge in [-0.2, -0.15) is 0 Å². The molecule has 0 aromatic carbocycles. The second-order valence-electron chi connectivity index (χ2n) is 7.81. The van der Waals surface area contributed by atoms with E-state index in [0.29, 0.717) is 44.2 Å². The SMILES string of the molecule is CC(C)CCCOP(=O)(O)OC1CCN(C(=O)CCCC(C)C)CC1. The molecule has 1 heterocycles. The standard InChI is InChI=1S/C18H36NO5P/c1-15(2)7-5-9-18(20)19-12-10-17(11-13-19)24-25(21,22)23-14-6-8-16(3)4/h15-17H,5-14H2,1-4H3,(H,21,22). The van der Waals surface area contributed by atoms with Crippen LogP contribution in [0.2, 0.25) is 0 Å². The molecule has 0 aromatic heterocycles. The van der Waals surface area contributed by atoms with Gasteiger partial charge in [-0.15, -0.1) is 0 Å². The Kier molecular flexibility index (Phi) is 10.2. The van der Waals surface area contributed by atoms with Crippen molar-refractivity contribution in [1.29, 1.82) is 0 Å². The molecule has 0 spiro atoms. The Morgan fingerprint density at radius 2 is 1.68 bits per heavy atom. The molecule has 1 unspecified atom stereocenters. The zero-order valence-corrected chi connectivity index (χ0v) is 17.2. The molecule has 0 bridgehead atoms. The molecule has 6 nitrogen and oxygen atoms in total. The summed E-state index contributed by atoms with van der Waals surface area (Å²) in [4.78, 5) is 23.8. The molecule has 25 heavy (non-hydrogen) atoms. The number of phosphoric ester groups is 1. The van der Waals surface area contributed by atoms with Crippen molar-refractivity contribution in [2.24, 2.45) is 11.8 Å². The maximum atomic E-state index is 12.2. The second kappa shape index (κ2) is 11.3. The van der Waals surface area contributed by atoms with Crippen LogP contribution in [0, 0.1) is 11.8 Å². The van der Waals surface area contributed by atoms with Crippen molar-refractivity contribution >= 4 is 13.7 Å². The molecule has 0 aromatic rings. The summed E-state index contributed by atoms with van der Waals surface area (Å²) in [5.74, 6) is 1.34. The minimum Gasteiger partial charge on any atom is -0.343 e. The smallest absolute Gasteiger partial charge is 0.343 e. The molecular formula is C18H36NO5P. The third-order valence-electron chi connectivity index (χ3n) is 4.43. The van der Waals surface area contributed by atoms with Gasteiger partial charge >= 0.3 is 7.82 Å². The molecule has 1 saturated heterocycles. The topological polar surface area (TPSA) is 76.1 Å². The van der Waals surface area contributed by atoms with Gasteiger partial charge in [0.15, 0.2) is 0 Å². The Morgan fingerprint density at radius 1 is 1.12 bits per heavy atom. The molecule has 7 heteroatoms. The molecule has 0 radical (unpaired) electrons. The molecule has 1 rings (SSSR count). The molecule has 0 aliphatic carbocycles. The number of carbonyl (C=O) groups is 1. The lowest BCUT2D eigenvalue weighted by molar-refractivity contribution is -0.133. The van der Waals surface area contributed by atoms with Gasteiger partial charge in [0.05, 0.1) is 12.7 Å². The lowest BCUT2D eigenvalue weighted by atomic mass is 10.0. The Hall–Kier alpha value is -0.420. The van der Waals surface area contributed by atoms with E-state index in [9.17, 15) is 14.3 Å². The van der Waals surface area contributed by atoms with E-state index in [2.05, 4.69) is 27.7 Å². The Morgan fingerprint density at radius 3 is 2.24 bits per heavy atom. The van der Waals surface area contributed by atoms with Crippen LogP contribution in [-0.4, -0.2) is 41.5 Å². The van der Waals surface area contributed by atoms with Gasteiger partial charge in [0.2, 0.25) is 5.91 Å². The maximum absolute atomic E-state index is 12.2. The number of nitrogens with zero attached hydrogens (tertiary/aromatic N) is 1. The molecule has 1 amide bonds. The van der Waals surface area contributed by atoms with Gasteiger partial charge in [0.25, 0.3) is 0 Å². The summed E-state index contributed by atoms with van der Waals surface area (Å²) in [6.07, 6.45) is 5.11. The number of rotatable bonds is 11. The largest absolute Gasteiger partial charge is 0.472 e. The Labute approximate surface area is 152 Å². The van der Waals surface area contributed by atoms with Crippen LogP contribution in [0.15, 0.2) is 0 Å². The first-order chi connectivity index (χ1) is 11.7. The zero-order valence-electron chi connectivity index (χ0n) is 16.3. The van der Waals surface area contributed by atoms with Crippen LogP contribution in [0.5, 0.6) is 0 Å². The van der Waals surface area contributed by atoms with Crippen molar-refractivity contribution in [2.75, 3.05) is 19.7 Å². The molecule has 1 aliphatic heterocycles. The number of carbonyl (C=O) groups excluding carboxylic acids is 1.